The van der Waals surface area contributed by atoms with Crippen LogP contribution in [0.4, 0.5) is 5.69 Å². The van der Waals surface area contributed by atoms with Gasteiger partial charge in [-0.2, -0.15) is 5.10 Å². The molecule has 0 bridgehead atoms. The van der Waals surface area contributed by atoms with Gasteiger partial charge in [-0.25, -0.2) is 9.50 Å². The molecule has 2 N–H and O–H groups in total. The number of fused-ring (bicyclic) bond motifs is 1. The number of nitrogens with two attached hydrogens (primary N) is 1. The minimum Gasteiger partial charge on any atom is -0.394 e. The largest absolute Gasteiger partial charge is 0.394 e. The Morgan fingerprint density at radius 2 is 2.08 bits per heavy atom. The number of hydrogen-bond donors (Lipinski definition) is 1. The minimum atomic E-state index is 0. The third-order valence-corrected chi connectivity index (χ3v) is 1.82. The van der Waals surface area contributed by atoms with Crippen LogP contribution in [0.5, 0.6) is 0 Å². The molecule has 0 fully saturated rings. The summed E-state index contributed by atoms with van der Waals surface area (Å²) in [5.74, 6) is 0. The van der Waals surface area contributed by atoms with Crippen molar-refractivity contribution in [3.8, 4) is 0 Å². The monoisotopic (exact) mass is 198 g/mol. The van der Waals surface area contributed by atoms with Gasteiger partial charge in [0.05, 0.1) is 5.69 Å². The van der Waals surface area contributed by atoms with Gasteiger partial charge in [0.15, 0.2) is 5.65 Å². The maximum Gasteiger partial charge on any atom is 0.178 e. The van der Waals surface area contributed by atoms with E-state index in [9.17, 15) is 0 Å². The number of rotatable bonds is 0. The third-order valence-electron chi connectivity index (χ3n) is 1.82. The van der Waals surface area contributed by atoms with Gasteiger partial charge in [-0.05, 0) is 19.4 Å². The summed E-state index contributed by atoms with van der Waals surface area (Å²) in [5, 5.41) is 4.20. The smallest absolute Gasteiger partial charge is 0.178 e. The second-order valence-corrected chi connectivity index (χ2v) is 2.90. The van der Waals surface area contributed by atoms with E-state index in [-0.39, 0.29) is 12.4 Å². The van der Waals surface area contributed by atoms with Crippen LogP contribution in [0.15, 0.2) is 12.4 Å². The van der Waals surface area contributed by atoms with E-state index >= 15 is 0 Å². The zero-order valence-electron chi connectivity index (χ0n) is 7.48. The van der Waals surface area contributed by atoms with Crippen LogP contribution in [-0.4, -0.2) is 14.6 Å². The normalized spacial score (nSPS) is 10.0. The summed E-state index contributed by atoms with van der Waals surface area (Å²) in [7, 11) is 0. The number of halogens is 1. The highest BCUT2D eigenvalue weighted by atomic mass is 35.5. The SMILES string of the molecule is Cc1cnc2c(N)c(C)nn2c1.Cl. The fraction of sp³-hybridized carbons (Fsp3) is 0.250. The van der Waals surface area contributed by atoms with E-state index in [1.54, 1.807) is 10.7 Å². The number of hydrogen-bond acceptors (Lipinski definition) is 3. The van der Waals surface area contributed by atoms with Crippen molar-refractivity contribution in [2.45, 2.75) is 13.8 Å². The molecule has 2 heterocycles. The fourth-order valence-corrected chi connectivity index (χ4v) is 1.16. The number of nitrogen functional groups attached to an aromatic ring is 1. The van der Waals surface area contributed by atoms with E-state index in [1.807, 2.05) is 20.0 Å². The summed E-state index contributed by atoms with van der Waals surface area (Å²) >= 11 is 0. The van der Waals surface area contributed by atoms with Crippen LogP contribution < -0.4 is 5.73 Å². The van der Waals surface area contributed by atoms with Gasteiger partial charge < -0.3 is 5.73 Å². The first-order chi connectivity index (χ1) is 5.68. The molecule has 0 aromatic carbocycles. The summed E-state index contributed by atoms with van der Waals surface area (Å²) in [6, 6.07) is 0. The second kappa shape index (κ2) is 3.22. The quantitative estimate of drug-likeness (QED) is 0.695. The van der Waals surface area contributed by atoms with Crippen LogP contribution >= 0.6 is 12.4 Å². The fourth-order valence-electron chi connectivity index (χ4n) is 1.16. The zero-order chi connectivity index (χ0) is 8.72. The van der Waals surface area contributed by atoms with Crippen molar-refractivity contribution in [2.75, 3.05) is 5.73 Å². The average molecular weight is 199 g/mol. The summed E-state index contributed by atoms with van der Waals surface area (Å²) in [5.41, 5.74) is 9.04. The molecule has 2 aromatic rings. The van der Waals surface area contributed by atoms with Crippen LogP contribution in [0.25, 0.3) is 5.65 Å². The Bertz CT molecular complexity index is 435. The van der Waals surface area contributed by atoms with Crippen LogP contribution in [-0.2, 0) is 0 Å². The lowest BCUT2D eigenvalue weighted by Crippen LogP contribution is -1.92. The Kier molecular flexibility index (Phi) is 2.43. The Morgan fingerprint density at radius 3 is 2.77 bits per heavy atom. The Labute approximate surface area is 82.2 Å². The second-order valence-electron chi connectivity index (χ2n) is 2.90. The summed E-state index contributed by atoms with van der Waals surface area (Å²) in [6.07, 6.45) is 3.69. The summed E-state index contributed by atoms with van der Waals surface area (Å²) in [6.45, 7) is 3.85. The molecule has 5 heteroatoms. The molecule has 0 atom stereocenters. The Morgan fingerprint density at radius 1 is 1.38 bits per heavy atom. The lowest BCUT2D eigenvalue weighted by Gasteiger charge is -1.93. The molecule has 0 aliphatic carbocycles. The van der Waals surface area contributed by atoms with Crippen LogP contribution in [0.3, 0.4) is 0 Å². The maximum absolute atomic E-state index is 5.74. The Hall–Kier alpha value is -1.29. The first-order valence-corrected chi connectivity index (χ1v) is 3.75. The third kappa shape index (κ3) is 1.45. The minimum absolute atomic E-state index is 0. The van der Waals surface area contributed by atoms with Crippen molar-refractivity contribution in [3.63, 3.8) is 0 Å². The molecule has 2 rings (SSSR count). The van der Waals surface area contributed by atoms with Gasteiger partial charge in [-0.3, -0.25) is 0 Å². The van der Waals surface area contributed by atoms with Crippen LogP contribution in [0.2, 0.25) is 0 Å². The van der Waals surface area contributed by atoms with E-state index in [2.05, 4.69) is 10.1 Å². The average Bonchev–Trinajstić information content (AvgIpc) is 2.28. The molecule has 0 aliphatic rings. The van der Waals surface area contributed by atoms with Gasteiger partial charge in [0, 0.05) is 12.4 Å². The van der Waals surface area contributed by atoms with E-state index in [0.717, 1.165) is 16.9 Å². The standard InChI is InChI=1S/C8H10N4.ClH/c1-5-3-10-8-7(9)6(2)11-12(8)4-5;/h3-4H,9H2,1-2H3;1H. The van der Waals surface area contributed by atoms with Gasteiger partial charge >= 0.3 is 0 Å². The summed E-state index contributed by atoms with van der Waals surface area (Å²) in [4.78, 5) is 4.18. The van der Waals surface area contributed by atoms with E-state index in [1.165, 1.54) is 0 Å². The molecule has 0 unspecified atom stereocenters. The first-order valence-electron chi connectivity index (χ1n) is 3.75. The molecule has 70 valence electrons. The van der Waals surface area contributed by atoms with Crippen molar-refractivity contribution >= 4 is 23.7 Å². The highest BCUT2D eigenvalue weighted by Crippen LogP contribution is 2.14. The lowest BCUT2D eigenvalue weighted by atomic mass is 10.4. The van der Waals surface area contributed by atoms with Gasteiger partial charge in [0.2, 0.25) is 0 Å². The van der Waals surface area contributed by atoms with Crippen molar-refractivity contribution in [1.29, 1.82) is 0 Å². The van der Waals surface area contributed by atoms with Gasteiger partial charge in [0.1, 0.15) is 5.69 Å². The predicted molar refractivity (Wildman–Crippen MR) is 54.1 cm³/mol. The van der Waals surface area contributed by atoms with E-state index in [0.29, 0.717) is 5.69 Å². The number of aromatic nitrogens is 3. The number of anilines is 1. The maximum atomic E-state index is 5.74. The van der Waals surface area contributed by atoms with Gasteiger partial charge in [-0.15, -0.1) is 12.4 Å². The van der Waals surface area contributed by atoms with Crippen LogP contribution in [0.1, 0.15) is 11.3 Å². The first kappa shape index (κ1) is 9.80. The lowest BCUT2D eigenvalue weighted by molar-refractivity contribution is 0.907. The molecule has 13 heavy (non-hydrogen) atoms. The molecular weight excluding hydrogens is 188 g/mol. The Balaban J connectivity index is 0.000000845. The molecule has 0 saturated heterocycles. The van der Waals surface area contributed by atoms with E-state index < -0.39 is 0 Å². The van der Waals surface area contributed by atoms with E-state index in [4.69, 9.17) is 5.73 Å². The van der Waals surface area contributed by atoms with Crippen molar-refractivity contribution in [1.82, 2.24) is 14.6 Å². The predicted octanol–water partition coefficient (Wildman–Crippen LogP) is 1.35. The molecule has 0 saturated carbocycles. The number of aryl methyl sites for hydroxylation is 2. The molecule has 2 aromatic heterocycles. The molecular formula is C8H11ClN4. The summed E-state index contributed by atoms with van der Waals surface area (Å²) < 4.78 is 1.71. The molecule has 4 nitrogen and oxygen atoms in total. The van der Waals surface area contributed by atoms with Crippen molar-refractivity contribution < 1.29 is 0 Å². The van der Waals surface area contributed by atoms with Crippen molar-refractivity contribution in [3.05, 3.63) is 23.7 Å². The number of nitrogens with zero attached hydrogens (tertiary/aromatic N) is 3. The van der Waals surface area contributed by atoms with Gasteiger partial charge in [0.25, 0.3) is 0 Å². The highest BCUT2D eigenvalue weighted by Gasteiger charge is 2.05. The van der Waals surface area contributed by atoms with Crippen molar-refractivity contribution in [2.24, 2.45) is 0 Å². The molecule has 0 aliphatic heterocycles. The molecule has 0 radical (unpaired) electrons. The highest BCUT2D eigenvalue weighted by molar-refractivity contribution is 5.85. The molecule has 0 amide bonds. The topological polar surface area (TPSA) is 56.2 Å². The van der Waals surface area contributed by atoms with Crippen LogP contribution in [0, 0.1) is 13.8 Å². The zero-order valence-corrected chi connectivity index (χ0v) is 8.30. The van der Waals surface area contributed by atoms with Gasteiger partial charge in [-0.1, -0.05) is 0 Å². The molecule has 0 spiro atoms.